The molecule has 0 saturated carbocycles. The van der Waals surface area contributed by atoms with Gasteiger partial charge in [0.25, 0.3) is 0 Å². The van der Waals surface area contributed by atoms with Crippen LogP contribution in [-0.2, 0) is 27.4 Å². The summed E-state index contributed by atoms with van der Waals surface area (Å²) in [5, 5.41) is 2.07. The smallest absolute Gasteiger partial charge is 0.362 e. The summed E-state index contributed by atoms with van der Waals surface area (Å²) in [5.74, 6) is -0.656. The van der Waals surface area contributed by atoms with E-state index in [0.29, 0.717) is 31.7 Å². The van der Waals surface area contributed by atoms with E-state index < -0.39 is 33.4 Å². The van der Waals surface area contributed by atoms with Crippen LogP contribution in [0.5, 0.6) is 0 Å². The molecule has 3 rings (SSSR count). The van der Waals surface area contributed by atoms with Crippen LogP contribution in [0.4, 0.5) is 24.5 Å². The quantitative estimate of drug-likeness (QED) is 0.626. The monoisotopic (exact) mass is 489 g/mol. The lowest BCUT2D eigenvalue weighted by Gasteiger charge is -2.21. The number of amides is 1. The molecule has 1 N–H and O–H groups in total. The van der Waals surface area contributed by atoms with E-state index in [1.165, 1.54) is 22.5 Å². The molecule has 0 unspecified atom stereocenters. The van der Waals surface area contributed by atoms with Gasteiger partial charge in [-0.15, -0.1) is 0 Å². The highest BCUT2D eigenvalue weighted by Crippen LogP contribution is 2.38. The Labute approximate surface area is 190 Å². The molecule has 1 aliphatic heterocycles. The van der Waals surface area contributed by atoms with Crippen molar-refractivity contribution < 1.29 is 26.4 Å². The number of para-hydroxylation sites is 1. The van der Waals surface area contributed by atoms with E-state index in [1.807, 2.05) is 0 Å². The van der Waals surface area contributed by atoms with Crippen LogP contribution in [0.25, 0.3) is 0 Å². The van der Waals surface area contributed by atoms with Crippen molar-refractivity contribution in [1.29, 1.82) is 0 Å². The number of carbonyl (C=O) groups is 1. The second-order valence-electron chi connectivity index (χ2n) is 7.26. The molecule has 32 heavy (non-hydrogen) atoms. The van der Waals surface area contributed by atoms with Gasteiger partial charge in [0.15, 0.2) is 0 Å². The Hall–Kier alpha value is -2.30. The number of halogens is 4. The third kappa shape index (κ3) is 4.87. The zero-order valence-electron chi connectivity index (χ0n) is 17.5. The molecule has 1 heterocycles. The van der Waals surface area contributed by atoms with Crippen LogP contribution in [0.3, 0.4) is 0 Å². The summed E-state index contributed by atoms with van der Waals surface area (Å²) in [7, 11) is -3.61. The average Bonchev–Trinajstić information content (AvgIpc) is 3.11. The summed E-state index contributed by atoms with van der Waals surface area (Å²) in [6.45, 7) is 4.47. The van der Waals surface area contributed by atoms with E-state index in [2.05, 4.69) is 5.32 Å². The molecule has 0 aromatic heterocycles. The summed E-state index contributed by atoms with van der Waals surface area (Å²) in [6, 6.07) is 8.00. The van der Waals surface area contributed by atoms with Gasteiger partial charge in [0.1, 0.15) is 0 Å². The molecular weight excluding hydrogens is 467 g/mol. The molecular formula is C21H23ClF3N3O3S. The van der Waals surface area contributed by atoms with Crippen LogP contribution < -0.4 is 10.2 Å². The fourth-order valence-corrected chi connectivity index (χ4v) is 5.45. The normalized spacial score (nSPS) is 14.0. The Bertz CT molecular complexity index is 1120. The zero-order valence-corrected chi connectivity index (χ0v) is 19.1. The van der Waals surface area contributed by atoms with Crippen LogP contribution in [0.15, 0.2) is 41.3 Å². The first-order valence-electron chi connectivity index (χ1n) is 10.0. The van der Waals surface area contributed by atoms with Gasteiger partial charge in [0, 0.05) is 25.3 Å². The van der Waals surface area contributed by atoms with E-state index >= 15 is 0 Å². The first-order valence-corrected chi connectivity index (χ1v) is 11.8. The van der Waals surface area contributed by atoms with Gasteiger partial charge in [-0.3, -0.25) is 4.79 Å². The van der Waals surface area contributed by atoms with Crippen molar-refractivity contribution in [2.45, 2.75) is 31.3 Å². The Balaban J connectivity index is 1.78. The zero-order chi connectivity index (χ0) is 23.7. The summed E-state index contributed by atoms with van der Waals surface area (Å²) < 4.78 is 66.6. The number of nitrogens with zero attached hydrogens (tertiary/aromatic N) is 2. The fraction of sp³-hybridized carbons (Fsp3) is 0.381. The number of sulfonamides is 1. The highest BCUT2D eigenvalue weighted by Gasteiger charge is 2.35. The number of rotatable bonds is 7. The van der Waals surface area contributed by atoms with Crippen molar-refractivity contribution >= 4 is 38.9 Å². The molecule has 11 heteroatoms. The average molecular weight is 490 g/mol. The van der Waals surface area contributed by atoms with E-state index in [1.54, 1.807) is 30.9 Å². The van der Waals surface area contributed by atoms with Crippen LogP contribution >= 0.6 is 11.6 Å². The molecule has 0 radical (unpaired) electrons. The standard InChI is InChI=1S/C21H23ClF3N3O3S/c1-3-28(4-2)32(30,31)15-8-9-18-14(12-15)10-11-27(18)13-19(29)26-20-16(21(23,24)25)6-5-7-17(20)22/h5-9,12H,3-4,10-11,13H2,1-2H3,(H,26,29). The summed E-state index contributed by atoms with van der Waals surface area (Å²) in [4.78, 5) is 14.4. The first kappa shape index (κ1) is 24.3. The number of nitrogens with one attached hydrogen (secondary N) is 1. The molecule has 2 aromatic rings. The number of anilines is 2. The Morgan fingerprint density at radius 1 is 1.19 bits per heavy atom. The second kappa shape index (κ2) is 9.29. The van der Waals surface area contributed by atoms with E-state index in [9.17, 15) is 26.4 Å². The molecule has 6 nitrogen and oxygen atoms in total. The third-order valence-corrected chi connectivity index (χ3v) is 7.66. The summed E-state index contributed by atoms with van der Waals surface area (Å²) >= 11 is 5.90. The van der Waals surface area contributed by atoms with Gasteiger partial charge in [-0.05, 0) is 42.3 Å². The van der Waals surface area contributed by atoms with Crippen LogP contribution in [0.1, 0.15) is 25.0 Å². The molecule has 2 aromatic carbocycles. The highest BCUT2D eigenvalue weighted by molar-refractivity contribution is 7.89. The highest BCUT2D eigenvalue weighted by atomic mass is 35.5. The second-order valence-corrected chi connectivity index (χ2v) is 9.60. The van der Waals surface area contributed by atoms with Crippen molar-refractivity contribution in [3.05, 3.63) is 52.5 Å². The van der Waals surface area contributed by atoms with Gasteiger partial charge in [-0.2, -0.15) is 17.5 Å². The van der Waals surface area contributed by atoms with Gasteiger partial charge in [-0.25, -0.2) is 8.42 Å². The van der Waals surface area contributed by atoms with Gasteiger partial charge >= 0.3 is 6.18 Å². The van der Waals surface area contributed by atoms with Crippen LogP contribution in [0, 0.1) is 0 Å². The van der Waals surface area contributed by atoms with E-state index in [0.717, 1.165) is 11.6 Å². The van der Waals surface area contributed by atoms with E-state index in [4.69, 9.17) is 11.6 Å². The minimum absolute atomic E-state index is 0.178. The molecule has 0 saturated heterocycles. The number of hydrogen-bond acceptors (Lipinski definition) is 4. The SMILES string of the molecule is CCN(CC)S(=O)(=O)c1ccc2c(c1)CCN2CC(=O)Nc1c(Cl)cccc1C(F)(F)F. The van der Waals surface area contributed by atoms with Crippen molar-refractivity contribution in [3.63, 3.8) is 0 Å². The lowest BCUT2D eigenvalue weighted by molar-refractivity contribution is -0.137. The Morgan fingerprint density at radius 3 is 2.50 bits per heavy atom. The molecule has 0 aliphatic carbocycles. The van der Waals surface area contributed by atoms with E-state index in [-0.39, 0.29) is 16.5 Å². The molecule has 174 valence electrons. The maximum atomic E-state index is 13.3. The summed E-state index contributed by atoms with van der Waals surface area (Å²) in [6.07, 6.45) is -4.15. The number of alkyl halides is 3. The van der Waals surface area contributed by atoms with Crippen molar-refractivity contribution in [1.82, 2.24) is 4.31 Å². The predicted octanol–water partition coefficient (Wildman–Crippen LogP) is 4.39. The van der Waals surface area contributed by atoms with Gasteiger partial charge in [0.2, 0.25) is 15.9 Å². The number of benzene rings is 2. The Morgan fingerprint density at radius 2 is 1.88 bits per heavy atom. The van der Waals surface area contributed by atoms with Gasteiger partial charge < -0.3 is 10.2 Å². The maximum absolute atomic E-state index is 13.3. The fourth-order valence-electron chi connectivity index (χ4n) is 3.72. The predicted molar refractivity (Wildman–Crippen MR) is 118 cm³/mol. The lowest BCUT2D eigenvalue weighted by atomic mass is 10.1. The number of carbonyl (C=O) groups excluding carboxylic acids is 1. The van der Waals surface area contributed by atoms with Gasteiger partial charge in [-0.1, -0.05) is 31.5 Å². The van der Waals surface area contributed by atoms with Crippen molar-refractivity contribution in [3.8, 4) is 0 Å². The first-order chi connectivity index (χ1) is 15.0. The minimum atomic E-state index is -4.67. The minimum Gasteiger partial charge on any atom is -0.362 e. The number of fused-ring (bicyclic) bond motifs is 1. The number of hydrogen-bond donors (Lipinski definition) is 1. The van der Waals surface area contributed by atoms with Crippen molar-refractivity contribution in [2.24, 2.45) is 0 Å². The van der Waals surface area contributed by atoms with Crippen LogP contribution in [-0.4, -0.2) is 44.8 Å². The topological polar surface area (TPSA) is 69.7 Å². The lowest BCUT2D eigenvalue weighted by Crippen LogP contribution is -2.32. The molecule has 1 aliphatic rings. The molecule has 0 fully saturated rings. The van der Waals surface area contributed by atoms with Crippen LogP contribution in [0.2, 0.25) is 5.02 Å². The molecule has 1 amide bonds. The largest absolute Gasteiger partial charge is 0.418 e. The van der Waals surface area contributed by atoms with Gasteiger partial charge in [0.05, 0.1) is 27.7 Å². The third-order valence-electron chi connectivity index (χ3n) is 5.30. The van der Waals surface area contributed by atoms with Crippen molar-refractivity contribution in [2.75, 3.05) is 36.4 Å². The summed E-state index contributed by atoms with van der Waals surface area (Å²) in [5.41, 5.74) is -0.0632. The molecule has 0 bridgehead atoms. The molecule has 0 atom stereocenters. The Kier molecular flexibility index (Phi) is 7.06. The molecule has 0 spiro atoms. The maximum Gasteiger partial charge on any atom is 0.418 e.